The molecule has 1 saturated heterocycles. The van der Waals surface area contributed by atoms with Crippen molar-refractivity contribution in [2.75, 3.05) is 20.3 Å². The Morgan fingerprint density at radius 3 is 1.94 bits per heavy atom. The largest absolute Gasteiger partial charge is 0.497 e. The molecule has 4 aromatic rings. The van der Waals surface area contributed by atoms with E-state index in [1.54, 1.807) is 7.11 Å². The molecule has 260 valence electrons. The van der Waals surface area contributed by atoms with Gasteiger partial charge in [0.25, 0.3) is 8.32 Å². The molecule has 0 unspecified atom stereocenters. The van der Waals surface area contributed by atoms with Crippen molar-refractivity contribution < 1.29 is 28.5 Å². The Bertz CT molecular complexity index is 1500. The lowest BCUT2D eigenvalue weighted by molar-refractivity contribution is -0.0506. The molecule has 1 fully saturated rings. The minimum Gasteiger partial charge on any atom is -0.497 e. The summed E-state index contributed by atoms with van der Waals surface area (Å²) in [7, 11) is -1.03. The Morgan fingerprint density at radius 1 is 0.755 bits per heavy atom. The average molecular weight is 681 g/mol. The first-order valence-electron chi connectivity index (χ1n) is 17.4. The molecular weight excluding hydrogens is 629 g/mol. The molecule has 0 aromatic heterocycles. The van der Waals surface area contributed by atoms with Gasteiger partial charge in [-0.3, -0.25) is 0 Å². The second kappa shape index (κ2) is 17.9. The van der Waals surface area contributed by atoms with E-state index in [1.807, 2.05) is 54.6 Å². The van der Waals surface area contributed by atoms with Crippen LogP contribution in [0.1, 0.15) is 51.2 Å². The molecule has 4 aromatic carbocycles. The number of aliphatic hydroxyl groups is 1. The van der Waals surface area contributed by atoms with E-state index in [0.29, 0.717) is 39.3 Å². The minimum atomic E-state index is -2.69. The maximum Gasteiger partial charge on any atom is 0.261 e. The summed E-state index contributed by atoms with van der Waals surface area (Å²) in [5.74, 6) is 0.838. The van der Waals surface area contributed by atoms with Gasteiger partial charge in [0.15, 0.2) is 0 Å². The summed E-state index contributed by atoms with van der Waals surface area (Å²) in [5, 5.41) is 13.9. The third kappa shape index (κ3) is 10.2. The van der Waals surface area contributed by atoms with Crippen LogP contribution in [0.4, 0.5) is 0 Å². The van der Waals surface area contributed by atoms with Crippen molar-refractivity contribution >= 4 is 18.7 Å². The first-order valence-corrected chi connectivity index (χ1v) is 19.3. The lowest BCUT2D eigenvalue weighted by Gasteiger charge is -2.43. The van der Waals surface area contributed by atoms with E-state index in [1.165, 1.54) is 10.4 Å². The molecule has 6 nitrogen and oxygen atoms in total. The van der Waals surface area contributed by atoms with Crippen LogP contribution in [0.15, 0.2) is 127 Å². The highest BCUT2D eigenvalue weighted by molar-refractivity contribution is 6.99. The van der Waals surface area contributed by atoms with Crippen molar-refractivity contribution in [2.45, 2.75) is 82.7 Å². The van der Waals surface area contributed by atoms with Crippen LogP contribution >= 0.6 is 0 Å². The lowest BCUT2D eigenvalue weighted by Crippen LogP contribution is -2.66. The zero-order valence-corrected chi connectivity index (χ0v) is 30.4. The first kappa shape index (κ1) is 36.7. The first-order chi connectivity index (χ1) is 23.8. The van der Waals surface area contributed by atoms with E-state index in [2.05, 4.69) is 93.6 Å². The molecule has 0 saturated carbocycles. The van der Waals surface area contributed by atoms with Crippen molar-refractivity contribution in [2.24, 2.45) is 0 Å². The Labute approximate surface area is 293 Å². The number of ether oxygens (including phenoxy) is 4. The topological polar surface area (TPSA) is 69.7 Å². The Morgan fingerprint density at radius 2 is 1.35 bits per heavy atom. The summed E-state index contributed by atoms with van der Waals surface area (Å²) in [4.78, 5) is 0. The summed E-state index contributed by atoms with van der Waals surface area (Å²) in [5.41, 5.74) is 2.19. The van der Waals surface area contributed by atoms with E-state index < -0.39 is 14.4 Å². The Kier molecular flexibility index (Phi) is 13.4. The highest BCUT2D eigenvalue weighted by Crippen LogP contribution is 2.37. The Hall–Kier alpha value is -3.56. The molecule has 0 amide bonds. The number of benzene rings is 4. The van der Waals surface area contributed by atoms with Crippen LogP contribution in [0.25, 0.3) is 0 Å². The molecule has 49 heavy (non-hydrogen) atoms. The summed E-state index contributed by atoms with van der Waals surface area (Å²) in [6.45, 7) is 8.79. The normalized spacial score (nSPS) is 17.6. The molecule has 0 aliphatic carbocycles. The second-order valence-corrected chi connectivity index (χ2v) is 18.0. The van der Waals surface area contributed by atoms with Crippen LogP contribution < -0.4 is 15.1 Å². The zero-order chi connectivity index (χ0) is 34.5. The lowest BCUT2D eigenvalue weighted by atomic mass is 10.1. The molecule has 0 bridgehead atoms. The minimum absolute atomic E-state index is 0.109. The van der Waals surface area contributed by atoms with Gasteiger partial charge < -0.3 is 28.5 Å². The fraction of sp³-hybridized carbons (Fsp3) is 0.381. The summed E-state index contributed by atoms with van der Waals surface area (Å²) in [6, 6.07) is 39.3. The fourth-order valence-corrected chi connectivity index (χ4v) is 11.0. The number of methoxy groups -OCH3 is 1. The van der Waals surface area contributed by atoms with E-state index >= 15 is 0 Å². The highest BCUT2D eigenvalue weighted by Gasteiger charge is 2.50. The van der Waals surface area contributed by atoms with Crippen LogP contribution in [0, 0.1) is 0 Å². The number of hydrogen-bond acceptors (Lipinski definition) is 6. The number of rotatable bonds is 19. The van der Waals surface area contributed by atoms with Gasteiger partial charge in [-0.15, -0.1) is 0 Å². The predicted octanol–water partition coefficient (Wildman–Crippen LogP) is 7.23. The molecular formula is C42H52O6Si. The summed E-state index contributed by atoms with van der Waals surface area (Å²) >= 11 is 0. The third-order valence-electron chi connectivity index (χ3n) is 9.19. The van der Waals surface area contributed by atoms with Crippen LogP contribution in [0.2, 0.25) is 5.04 Å². The highest BCUT2D eigenvalue weighted by atomic mass is 28.4. The quantitative estimate of drug-likeness (QED) is 0.0641. The van der Waals surface area contributed by atoms with E-state index in [-0.39, 0.29) is 23.4 Å². The van der Waals surface area contributed by atoms with Gasteiger partial charge >= 0.3 is 0 Å². The molecule has 7 heteroatoms. The number of epoxide rings is 1. The van der Waals surface area contributed by atoms with Crippen molar-refractivity contribution in [3.8, 4) is 5.75 Å². The van der Waals surface area contributed by atoms with Crippen molar-refractivity contribution in [1.29, 1.82) is 0 Å². The second-order valence-electron chi connectivity index (χ2n) is 13.7. The van der Waals surface area contributed by atoms with Gasteiger partial charge in [0.1, 0.15) is 11.9 Å². The molecule has 4 atom stereocenters. The average Bonchev–Trinajstić information content (AvgIpc) is 3.88. The zero-order valence-electron chi connectivity index (χ0n) is 29.4. The van der Waals surface area contributed by atoms with Gasteiger partial charge in [0, 0.05) is 6.61 Å². The molecule has 1 heterocycles. The van der Waals surface area contributed by atoms with Crippen molar-refractivity contribution in [3.05, 3.63) is 139 Å². The monoisotopic (exact) mass is 680 g/mol. The van der Waals surface area contributed by atoms with Gasteiger partial charge in [-0.05, 0) is 57.9 Å². The summed E-state index contributed by atoms with van der Waals surface area (Å²) in [6.07, 6.45) is 5.31. The van der Waals surface area contributed by atoms with Crippen LogP contribution in [-0.4, -0.2) is 58.2 Å². The van der Waals surface area contributed by atoms with Gasteiger partial charge in [0.2, 0.25) is 0 Å². The van der Waals surface area contributed by atoms with E-state index in [4.69, 9.17) is 23.4 Å². The molecule has 5 rings (SSSR count). The fourth-order valence-electron chi connectivity index (χ4n) is 6.40. The smallest absolute Gasteiger partial charge is 0.261 e. The molecule has 1 aliphatic rings. The standard InChI is InChI=1S/C42H52O6Si/c1-42(2,3)49(36-18-10-6-11-19-36,37-20-12-7-13-21-37)47-29-28-38(43)39(46-31-33-16-8-5-9-17-33)22-14-15-23-40-41(48-40)32-45-30-34-24-26-35(44-4)27-25-34/h5-21,24-27,38-41,43H,22-23,28-32H2,1-4H3/b15-14-/t38-,39-,40-,41+/m0/s1. The predicted molar refractivity (Wildman–Crippen MR) is 199 cm³/mol. The van der Waals surface area contributed by atoms with Crippen LogP contribution in [0.5, 0.6) is 5.75 Å². The summed E-state index contributed by atoms with van der Waals surface area (Å²) < 4.78 is 30.4. The Balaban J connectivity index is 1.17. The molecule has 0 spiro atoms. The van der Waals surface area contributed by atoms with E-state index in [0.717, 1.165) is 23.3 Å². The van der Waals surface area contributed by atoms with Gasteiger partial charge in [-0.1, -0.05) is 136 Å². The SMILES string of the molecule is COc1ccc(COC[C@H]2O[C@H]2C/C=C\C[C@H](OCc2ccccc2)[C@@H](O)CCO[Si](c2ccccc2)(c2ccccc2)C(C)(C)C)cc1. The van der Waals surface area contributed by atoms with Crippen LogP contribution in [0.3, 0.4) is 0 Å². The molecule has 0 radical (unpaired) electrons. The molecule has 1 N–H and O–H groups in total. The van der Waals surface area contributed by atoms with E-state index in [9.17, 15) is 5.11 Å². The van der Waals surface area contributed by atoms with Gasteiger partial charge in [0.05, 0.1) is 45.2 Å². The number of aliphatic hydroxyl groups excluding tert-OH is 1. The maximum atomic E-state index is 11.5. The van der Waals surface area contributed by atoms with Gasteiger partial charge in [-0.25, -0.2) is 0 Å². The third-order valence-corrected chi connectivity index (χ3v) is 14.2. The van der Waals surface area contributed by atoms with Crippen LogP contribution in [-0.2, 0) is 31.9 Å². The van der Waals surface area contributed by atoms with Gasteiger partial charge in [-0.2, -0.15) is 0 Å². The number of hydrogen-bond donors (Lipinski definition) is 1. The molecule has 1 aliphatic heterocycles. The van der Waals surface area contributed by atoms with Crippen molar-refractivity contribution in [3.63, 3.8) is 0 Å². The maximum absolute atomic E-state index is 11.5. The van der Waals surface area contributed by atoms with Crippen molar-refractivity contribution in [1.82, 2.24) is 0 Å².